The molecule has 2 aliphatic rings. The van der Waals surface area contributed by atoms with Crippen LogP contribution in [0.25, 0.3) is 10.4 Å². The van der Waals surface area contributed by atoms with Gasteiger partial charge >= 0.3 is 0 Å². The molecule has 3 aromatic heterocycles. The highest BCUT2D eigenvalue weighted by Crippen LogP contribution is 2.47. The Balaban J connectivity index is 1.10. The fourth-order valence-corrected chi connectivity index (χ4v) is 9.03. The maximum atomic E-state index is 16.2. The summed E-state index contributed by atoms with van der Waals surface area (Å²) in [5.74, 6) is -0.0582. The minimum absolute atomic E-state index is 0.0303. The predicted octanol–water partition coefficient (Wildman–Crippen LogP) is 6.69. The number of aromatic nitrogens is 3. The van der Waals surface area contributed by atoms with Crippen molar-refractivity contribution in [1.82, 2.24) is 14.5 Å². The number of rotatable bonds is 10. The molecule has 3 N–H and O–H groups in total. The van der Waals surface area contributed by atoms with E-state index in [4.69, 9.17) is 4.98 Å². The highest BCUT2D eigenvalue weighted by atomic mass is 32.1. The van der Waals surface area contributed by atoms with Crippen molar-refractivity contribution >= 4 is 40.3 Å². The number of hydrogen-bond donors (Lipinski definition) is 3. The maximum Gasteiger partial charge on any atom is 0.259 e. The summed E-state index contributed by atoms with van der Waals surface area (Å²) >= 11 is 1.19. The van der Waals surface area contributed by atoms with Crippen LogP contribution >= 0.6 is 11.3 Å². The number of carbonyl (C=O) groups is 2. The van der Waals surface area contributed by atoms with Gasteiger partial charge in [-0.05, 0) is 75.6 Å². The van der Waals surface area contributed by atoms with E-state index in [2.05, 4.69) is 22.1 Å². The van der Waals surface area contributed by atoms with Crippen LogP contribution in [-0.4, -0.2) is 62.8 Å². The third kappa shape index (κ3) is 6.29. The van der Waals surface area contributed by atoms with E-state index in [1.807, 2.05) is 37.3 Å². The summed E-state index contributed by atoms with van der Waals surface area (Å²) in [5.41, 5.74) is 2.45. The Hall–Kier alpha value is -4.91. The van der Waals surface area contributed by atoms with Crippen molar-refractivity contribution < 1.29 is 24.2 Å². The van der Waals surface area contributed by atoms with E-state index >= 15 is 4.39 Å². The van der Waals surface area contributed by atoms with E-state index in [9.17, 15) is 19.8 Å². The summed E-state index contributed by atoms with van der Waals surface area (Å²) in [6.45, 7) is 7.44. The lowest BCUT2D eigenvalue weighted by Crippen LogP contribution is -2.57. The number of aliphatic hydroxyl groups excluding tert-OH is 1. The minimum Gasteiger partial charge on any atom is -0.396 e. The molecule has 1 saturated heterocycles. The number of benzene rings is 2. The molecule has 12 heteroatoms. The first kappa shape index (κ1) is 35.5. The number of carbonyl (C=O) groups excluding carboxylic acids is 2. The normalized spacial score (nSPS) is 16.0. The van der Waals surface area contributed by atoms with Gasteiger partial charge in [0.1, 0.15) is 17.5 Å². The lowest BCUT2D eigenvalue weighted by atomic mass is 9.73. The van der Waals surface area contributed by atoms with Crippen molar-refractivity contribution in [2.24, 2.45) is 12.5 Å². The smallest absolute Gasteiger partial charge is 0.259 e. The van der Waals surface area contributed by atoms with Gasteiger partial charge in [0.2, 0.25) is 0 Å². The maximum absolute atomic E-state index is 16.2. The zero-order valence-electron chi connectivity index (χ0n) is 29.8. The molecule has 7 rings (SSSR count). The van der Waals surface area contributed by atoms with Gasteiger partial charge in [-0.3, -0.25) is 9.59 Å². The molecule has 2 aliphatic heterocycles. The highest BCUT2D eigenvalue weighted by Gasteiger charge is 2.43. The molecule has 2 amide bonds. The monoisotopic (exact) mass is 722 g/mol. The number of amides is 2. The van der Waals surface area contributed by atoms with E-state index in [1.165, 1.54) is 11.3 Å². The van der Waals surface area contributed by atoms with Crippen molar-refractivity contribution in [3.63, 3.8) is 0 Å². The van der Waals surface area contributed by atoms with Gasteiger partial charge in [0.05, 0.1) is 16.1 Å². The van der Waals surface area contributed by atoms with Crippen LogP contribution in [0.3, 0.4) is 0 Å². The number of nitrogens with one attached hydrogen (secondary N) is 1. The van der Waals surface area contributed by atoms with Crippen LogP contribution in [0.1, 0.15) is 75.8 Å². The van der Waals surface area contributed by atoms with Crippen molar-refractivity contribution in [1.29, 1.82) is 0 Å². The quantitative estimate of drug-likeness (QED) is 0.147. The molecule has 0 bridgehead atoms. The third-order valence-corrected chi connectivity index (χ3v) is 11.8. The van der Waals surface area contributed by atoms with Crippen LogP contribution in [0.5, 0.6) is 0 Å². The number of halogens is 1. The molecule has 0 spiro atoms. The molecule has 1 atom stereocenters. The number of anilines is 3. The second-order valence-electron chi connectivity index (χ2n) is 14.1. The van der Waals surface area contributed by atoms with E-state index < -0.39 is 11.4 Å². The van der Waals surface area contributed by atoms with Gasteiger partial charge in [0.25, 0.3) is 11.8 Å². The number of fused-ring (bicyclic) bond motifs is 3. The molecule has 270 valence electrons. The lowest BCUT2D eigenvalue weighted by molar-refractivity contribution is 0.0891. The van der Waals surface area contributed by atoms with Gasteiger partial charge in [-0.2, -0.15) is 0 Å². The Morgan fingerprint density at radius 1 is 1.08 bits per heavy atom. The summed E-state index contributed by atoms with van der Waals surface area (Å²) in [6, 6.07) is 17.8. The first-order chi connectivity index (χ1) is 25.0. The molecule has 0 saturated carbocycles. The number of imidazole rings is 1. The molecule has 0 radical (unpaired) electrons. The van der Waals surface area contributed by atoms with Gasteiger partial charge in [0.15, 0.2) is 5.60 Å². The Kier molecular flexibility index (Phi) is 9.49. The number of nitrogens with zero attached hydrogens (tertiary/aromatic N) is 5. The van der Waals surface area contributed by atoms with E-state index in [0.717, 1.165) is 38.0 Å². The van der Waals surface area contributed by atoms with Crippen molar-refractivity contribution in [3.8, 4) is 10.4 Å². The van der Waals surface area contributed by atoms with Crippen molar-refractivity contribution in [2.45, 2.75) is 52.1 Å². The Labute approximate surface area is 306 Å². The van der Waals surface area contributed by atoms with Crippen LogP contribution in [0.4, 0.5) is 21.6 Å². The fourth-order valence-electron chi connectivity index (χ4n) is 7.72. The van der Waals surface area contributed by atoms with E-state index in [0.29, 0.717) is 50.1 Å². The second-order valence-corrected chi connectivity index (χ2v) is 15.2. The Morgan fingerprint density at radius 2 is 1.83 bits per heavy atom. The number of para-hydroxylation sites is 1. The molecule has 0 aliphatic carbocycles. The topological polar surface area (TPSA) is 124 Å². The molecule has 52 heavy (non-hydrogen) atoms. The standard InChI is InChI=1S/C40H43FN6O4S/c1-5-17-40(18-22-48)23-46(24-40)35-30(15-10-25(2)43-35)36(49)44-27-13-11-26(12-14-27)37(50)47-20-16-29-32(41)34(39(3,51)38-42-19-21-45(38)4)52-33(29)28-8-6-7-9-31(28)47/h6-15,19,21,48,51H,5,16-18,20,22-24H2,1-4H3,(H,44,49). The summed E-state index contributed by atoms with van der Waals surface area (Å²) in [6.07, 6.45) is 6.30. The molecular formula is C40H43FN6O4S. The van der Waals surface area contributed by atoms with E-state index in [-0.39, 0.29) is 41.7 Å². The number of aliphatic hydroxyl groups is 2. The third-order valence-electron chi connectivity index (χ3n) is 10.3. The lowest BCUT2D eigenvalue weighted by Gasteiger charge is -2.51. The summed E-state index contributed by atoms with van der Waals surface area (Å²) in [5, 5.41) is 24.1. The number of thiophene rings is 1. The van der Waals surface area contributed by atoms with Crippen molar-refractivity contribution in [2.75, 3.05) is 41.4 Å². The highest BCUT2D eigenvalue weighted by molar-refractivity contribution is 7.16. The first-order valence-corrected chi connectivity index (χ1v) is 18.5. The zero-order chi connectivity index (χ0) is 36.8. The number of hydrogen-bond acceptors (Lipinski definition) is 8. The molecule has 1 fully saturated rings. The number of pyridine rings is 1. The number of aryl methyl sites for hydroxylation is 2. The summed E-state index contributed by atoms with van der Waals surface area (Å²) < 4.78 is 17.9. The predicted molar refractivity (Wildman–Crippen MR) is 202 cm³/mol. The zero-order valence-corrected chi connectivity index (χ0v) is 30.6. The molecule has 2 aromatic carbocycles. The summed E-state index contributed by atoms with van der Waals surface area (Å²) in [4.78, 5) is 41.3. The average molecular weight is 723 g/mol. The largest absolute Gasteiger partial charge is 0.396 e. The van der Waals surface area contributed by atoms with Gasteiger partial charge in [-0.25, -0.2) is 14.4 Å². The van der Waals surface area contributed by atoms with Crippen LogP contribution in [-0.2, 0) is 19.1 Å². The van der Waals surface area contributed by atoms with Crippen LogP contribution in [0.2, 0.25) is 0 Å². The summed E-state index contributed by atoms with van der Waals surface area (Å²) in [7, 11) is 1.76. The molecular weight excluding hydrogens is 680 g/mol. The van der Waals surface area contributed by atoms with Crippen LogP contribution in [0, 0.1) is 18.2 Å². The molecule has 10 nitrogen and oxygen atoms in total. The van der Waals surface area contributed by atoms with Gasteiger partial charge in [-0.1, -0.05) is 31.5 Å². The van der Waals surface area contributed by atoms with E-state index in [1.54, 1.807) is 66.2 Å². The fraction of sp³-hybridized carbons (Fsp3) is 0.350. The van der Waals surface area contributed by atoms with Crippen LogP contribution in [0.15, 0.2) is 73.1 Å². The molecule has 5 aromatic rings. The van der Waals surface area contributed by atoms with Gasteiger partial charge in [0, 0.05) is 84.0 Å². The SMILES string of the molecule is CCCC1(CCO)CN(c2nc(C)ccc2C(=O)Nc2ccc(C(=O)N3CCc4c(sc(C(C)(O)c5nccn5C)c4F)-c4ccccc43)cc2)C1. The second kappa shape index (κ2) is 13.9. The Bertz CT molecular complexity index is 2130. The Morgan fingerprint density at radius 3 is 2.52 bits per heavy atom. The van der Waals surface area contributed by atoms with Gasteiger partial charge < -0.3 is 29.9 Å². The van der Waals surface area contributed by atoms with Crippen LogP contribution < -0.4 is 15.1 Å². The van der Waals surface area contributed by atoms with Crippen molar-refractivity contribution in [3.05, 3.63) is 112 Å². The first-order valence-electron chi connectivity index (χ1n) is 17.6. The average Bonchev–Trinajstić information content (AvgIpc) is 3.66. The molecule has 5 heterocycles. The minimum atomic E-state index is -1.64. The van der Waals surface area contributed by atoms with Gasteiger partial charge in [-0.15, -0.1) is 11.3 Å². The molecule has 1 unspecified atom stereocenters.